The summed E-state index contributed by atoms with van der Waals surface area (Å²) >= 11 is 0. The first-order valence-corrected chi connectivity index (χ1v) is 23.0. The number of esters is 1. The Labute approximate surface area is 354 Å². The van der Waals surface area contributed by atoms with Gasteiger partial charge in [-0.15, -0.1) is 0 Å². The van der Waals surface area contributed by atoms with Crippen LogP contribution in [0, 0.1) is 56.2 Å². The molecule has 1 saturated heterocycles. The quantitative estimate of drug-likeness (QED) is 0.189. The first-order chi connectivity index (χ1) is 27.6. The van der Waals surface area contributed by atoms with Crippen molar-refractivity contribution < 1.29 is 34.1 Å². The van der Waals surface area contributed by atoms with Crippen molar-refractivity contribution in [2.75, 3.05) is 26.2 Å². The minimum absolute atomic E-state index is 0.0196. The molecule has 9 heteroatoms. The maximum absolute atomic E-state index is 14.4. The van der Waals surface area contributed by atoms with Crippen LogP contribution in [0.25, 0.3) is 0 Å². The van der Waals surface area contributed by atoms with Crippen molar-refractivity contribution in [2.45, 2.75) is 158 Å². The number of rotatable bonds is 13. The monoisotopic (exact) mass is 815 g/mol. The third kappa shape index (κ3) is 7.34. The van der Waals surface area contributed by atoms with Crippen molar-refractivity contribution in [2.24, 2.45) is 56.2 Å². The average Bonchev–Trinajstić information content (AvgIpc) is 3.71. The minimum atomic E-state index is -1.18. The van der Waals surface area contributed by atoms with Gasteiger partial charge in [-0.05, 0) is 123 Å². The number of aliphatic hydroxyl groups excluding tert-OH is 1. The lowest BCUT2D eigenvalue weighted by Crippen LogP contribution is -2.66. The zero-order valence-corrected chi connectivity index (χ0v) is 37.7. The van der Waals surface area contributed by atoms with Crippen molar-refractivity contribution in [3.63, 3.8) is 0 Å². The Balaban J connectivity index is 1.16. The van der Waals surface area contributed by atoms with Crippen molar-refractivity contribution in [3.05, 3.63) is 47.0 Å². The van der Waals surface area contributed by atoms with Crippen LogP contribution < -0.4 is 0 Å². The summed E-state index contributed by atoms with van der Waals surface area (Å²) in [5.74, 6) is 0.118. The molecule has 1 aliphatic heterocycles. The third-order valence-electron chi connectivity index (χ3n) is 18.0. The predicted molar refractivity (Wildman–Crippen MR) is 229 cm³/mol. The van der Waals surface area contributed by atoms with E-state index in [2.05, 4.69) is 77.6 Å². The number of fused-ring (bicyclic) bond motifs is 7. The molecule has 5 aliphatic carbocycles. The van der Waals surface area contributed by atoms with E-state index < -0.39 is 28.9 Å². The molecule has 1 aromatic carbocycles. The Morgan fingerprint density at radius 1 is 0.932 bits per heavy atom. The van der Waals surface area contributed by atoms with Gasteiger partial charge in [-0.3, -0.25) is 24.1 Å². The van der Waals surface area contributed by atoms with Gasteiger partial charge in [-0.1, -0.05) is 84.4 Å². The van der Waals surface area contributed by atoms with Crippen LogP contribution in [-0.4, -0.2) is 82.0 Å². The zero-order chi connectivity index (χ0) is 42.9. The first-order valence-electron chi connectivity index (χ1n) is 23.0. The second kappa shape index (κ2) is 15.7. The van der Waals surface area contributed by atoms with E-state index in [1.54, 1.807) is 13.8 Å². The number of carbonyl (C=O) groups is 4. The van der Waals surface area contributed by atoms with Gasteiger partial charge in [0.15, 0.2) is 5.78 Å². The van der Waals surface area contributed by atoms with Crippen molar-refractivity contribution in [3.8, 4) is 0 Å². The average molecular weight is 815 g/mol. The van der Waals surface area contributed by atoms with E-state index in [0.29, 0.717) is 50.9 Å². The Morgan fingerprint density at radius 3 is 2.29 bits per heavy atom. The number of benzene rings is 1. The smallest absolute Gasteiger partial charge is 0.309 e. The lowest BCUT2D eigenvalue weighted by molar-refractivity contribution is -0.235. The Morgan fingerprint density at radius 2 is 1.64 bits per heavy atom. The van der Waals surface area contributed by atoms with Gasteiger partial charge in [0.1, 0.15) is 6.10 Å². The summed E-state index contributed by atoms with van der Waals surface area (Å²) in [6.07, 6.45) is 8.43. The van der Waals surface area contributed by atoms with Gasteiger partial charge in [-0.2, -0.15) is 0 Å². The molecule has 1 aromatic rings. The molecule has 1 heterocycles. The molecule has 1 unspecified atom stereocenters. The standard InChI is InChI=1S/C50H74N2O7/c1-32(2)42-35(53)28-50(38(54)31-51(30-33-14-11-10-12-15-33)26-27-52-25-13-16-40(52)55)24-23-48(8)34(43(42)50)17-18-37-47(7)21-20-39(59-41(56)29-45(3,4)44(57)58)46(5,6)36(47)19-22-49(37,48)9/h10-12,14-15,32,34,36-39,54H,13,16-31H2,1-9H3,(H,57,58)/t34-,36+,37-,38-,39?,47+,48-,49-,50+/m1/s1. The van der Waals surface area contributed by atoms with Gasteiger partial charge < -0.3 is 19.8 Å². The number of carbonyl (C=O) groups excluding carboxylic acids is 3. The van der Waals surface area contributed by atoms with E-state index in [-0.39, 0.29) is 57.7 Å². The van der Waals surface area contributed by atoms with Crippen LogP contribution in [0.3, 0.4) is 0 Å². The Bertz CT molecular complexity index is 1840. The van der Waals surface area contributed by atoms with E-state index in [1.165, 1.54) is 11.1 Å². The number of nitrogens with zero attached hydrogens (tertiary/aromatic N) is 2. The van der Waals surface area contributed by atoms with Crippen LogP contribution in [0.2, 0.25) is 0 Å². The number of likely N-dealkylation sites (tertiary alicyclic amines) is 1. The summed E-state index contributed by atoms with van der Waals surface area (Å²) in [5, 5.41) is 22.4. The maximum atomic E-state index is 14.4. The van der Waals surface area contributed by atoms with Gasteiger partial charge in [0, 0.05) is 56.4 Å². The van der Waals surface area contributed by atoms with Gasteiger partial charge in [0.05, 0.1) is 17.9 Å². The number of carboxylic acid groups (broad SMARTS) is 1. The van der Waals surface area contributed by atoms with Crippen molar-refractivity contribution in [1.29, 1.82) is 0 Å². The van der Waals surface area contributed by atoms with Crippen molar-refractivity contribution >= 4 is 23.6 Å². The molecular weight excluding hydrogens is 741 g/mol. The normalized spacial score (nSPS) is 36.0. The Kier molecular flexibility index (Phi) is 11.7. The molecule has 4 saturated carbocycles. The fourth-order valence-corrected chi connectivity index (χ4v) is 14.6. The van der Waals surface area contributed by atoms with Gasteiger partial charge in [0.2, 0.25) is 5.91 Å². The van der Waals surface area contributed by atoms with E-state index in [1.807, 2.05) is 11.0 Å². The number of carboxylic acids is 1. The summed E-state index contributed by atoms with van der Waals surface area (Å²) in [4.78, 5) is 56.3. The summed E-state index contributed by atoms with van der Waals surface area (Å²) in [6, 6.07) is 10.4. The SMILES string of the molecule is CC(C)C1=C2[C@H]3CC[C@@H]4[C@@]5(C)CCC(OC(=O)CC(C)(C)C(=O)O)C(C)(C)[C@@H]5CC[C@@]4(C)[C@]3(C)CC[C@@]2([C@H](O)CN(CCN2CCCC2=O)Cc2ccccc2)CC1=O. The highest BCUT2D eigenvalue weighted by atomic mass is 16.5. The van der Waals surface area contributed by atoms with Gasteiger partial charge in [-0.25, -0.2) is 0 Å². The lowest BCUT2D eigenvalue weighted by atomic mass is 9.33. The van der Waals surface area contributed by atoms with Crippen LogP contribution in [0.5, 0.6) is 0 Å². The molecule has 6 aliphatic rings. The molecule has 9 atom stereocenters. The number of amides is 1. The van der Waals surface area contributed by atoms with Crippen LogP contribution in [0.1, 0.15) is 145 Å². The number of aliphatic hydroxyl groups is 1. The number of Topliss-reactive ketones (excluding diaryl/α,β-unsaturated/α-hetero) is 1. The summed E-state index contributed by atoms with van der Waals surface area (Å²) in [7, 11) is 0. The highest BCUT2D eigenvalue weighted by molar-refractivity contribution is 6.00. The summed E-state index contributed by atoms with van der Waals surface area (Å²) < 4.78 is 6.20. The molecule has 59 heavy (non-hydrogen) atoms. The largest absolute Gasteiger partial charge is 0.481 e. The molecule has 1 amide bonds. The predicted octanol–water partition coefficient (Wildman–Crippen LogP) is 8.87. The second-order valence-electron chi connectivity index (χ2n) is 22.3. The first kappa shape index (κ1) is 44.0. The lowest BCUT2D eigenvalue weighted by Gasteiger charge is -2.72. The van der Waals surface area contributed by atoms with Crippen LogP contribution in [0.4, 0.5) is 0 Å². The van der Waals surface area contributed by atoms with Crippen LogP contribution >= 0.6 is 0 Å². The summed E-state index contributed by atoms with van der Waals surface area (Å²) in [6.45, 7) is 22.9. The molecule has 2 N–H and O–H groups in total. The van der Waals surface area contributed by atoms with Crippen molar-refractivity contribution in [1.82, 2.24) is 9.80 Å². The maximum Gasteiger partial charge on any atom is 0.309 e. The van der Waals surface area contributed by atoms with E-state index in [4.69, 9.17) is 4.74 Å². The molecule has 0 spiro atoms. The molecule has 9 nitrogen and oxygen atoms in total. The zero-order valence-electron chi connectivity index (χ0n) is 37.7. The molecule has 7 rings (SSSR count). The highest BCUT2D eigenvalue weighted by Gasteiger charge is 2.71. The number of ketones is 1. The molecule has 0 bridgehead atoms. The number of hydrogen-bond donors (Lipinski definition) is 2. The van der Waals surface area contributed by atoms with Crippen LogP contribution in [-0.2, 0) is 30.5 Å². The Hall–Kier alpha value is -3.04. The number of ether oxygens (including phenoxy) is 1. The number of allylic oxidation sites excluding steroid dienone is 1. The third-order valence-corrected chi connectivity index (χ3v) is 18.0. The second-order valence-corrected chi connectivity index (χ2v) is 22.3. The number of hydrogen-bond acceptors (Lipinski definition) is 7. The summed E-state index contributed by atoms with van der Waals surface area (Å²) in [5.41, 5.74) is 1.41. The van der Waals surface area contributed by atoms with Crippen LogP contribution in [0.15, 0.2) is 41.5 Å². The van der Waals surface area contributed by atoms with E-state index in [0.717, 1.165) is 69.9 Å². The fraction of sp³-hybridized carbons (Fsp3) is 0.760. The van der Waals surface area contributed by atoms with E-state index in [9.17, 15) is 29.4 Å². The topological polar surface area (TPSA) is 124 Å². The molecule has 5 fully saturated rings. The molecule has 326 valence electrons. The fourth-order valence-electron chi connectivity index (χ4n) is 14.6. The van der Waals surface area contributed by atoms with Gasteiger partial charge >= 0.3 is 11.9 Å². The molecule has 0 radical (unpaired) electrons. The number of aliphatic carboxylic acids is 1. The minimum Gasteiger partial charge on any atom is -0.481 e. The molecule has 0 aromatic heterocycles. The van der Waals surface area contributed by atoms with E-state index >= 15 is 0 Å². The highest BCUT2D eigenvalue weighted by Crippen LogP contribution is 2.77. The molecular formula is C50H74N2O7. The van der Waals surface area contributed by atoms with Gasteiger partial charge in [0.25, 0.3) is 0 Å².